The molecular formula is C16H25BrN4O2. The highest BCUT2D eigenvalue weighted by Gasteiger charge is 2.35. The molecule has 2 N–H and O–H groups in total. The van der Waals surface area contributed by atoms with Crippen LogP contribution in [0.2, 0.25) is 0 Å². The van der Waals surface area contributed by atoms with Crippen LogP contribution >= 0.6 is 15.9 Å². The SMILES string of the molecule is Cc1ncc(Br)c(NC2(CNC(=O)OC(C)(C)C)CCCC2)n1. The van der Waals surface area contributed by atoms with E-state index in [2.05, 4.69) is 36.5 Å². The highest BCUT2D eigenvalue weighted by molar-refractivity contribution is 9.10. The average Bonchev–Trinajstić information content (AvgIpc) is 2.88. The fourth-order valence-corrected chi connectivity index (χ4v) is 3.04. The van der Waals surface area contributed by atoms with Gasteiger partial charge in [-0.3, -0.25) is 0 Å². The minimum absolute atomic E-state index is 0.194. The first-order valence-corrected chi connectivity index (χ1v) is 8.73. The van der Waals surface area contributed by atoms with E-state index in [0.717, 1.165) is 36.0 Å². The summed E-state index contributed by atoms with van der Waals surface area (Å²) in [7, 11) is 0. The van der Waals surface area contributed by atoms with Gasteiger partial charge in [0.1, 0.15) is 17.2 Å². The van der Waals surface area contributed by atoms with E-state index in [1.54, 1.807) is 6.20 Å². The third kappa shape index (κ3) is 5.34. The summed E-state index contributed by atoms with van der Waals surface area (Å²) in [6.45, 7) is 7.94. The molecule has 0 unspecified atom stereocenters. The zero-order valence-electron chi connectivity index (χ0n) is 14.2. The maximum atomic E-state index is 11.9. The van der Waals surface area contributed by atoms with E-state index in [0.29, 0.717) is 12.4 Å². The minimum Gasteiger partial charge on any atom is -0.444 e. The lowest BCUT2D eigenvalue weighted by Crippen LogP contribution is -2.48. The Kier molecular flexibility index (Phi) is 5.49. The number of amides is 1. The fraction of sp³-hybridized carbons (Fsp3) is 0.688. The van der Waals surface area contributed by atoms with Crippen LogP contribution in [-0.2, 0) is 4.74 Å². The summed E-state index contributed by atoms with van der Waals surface area (Å²) in [6.07, 6.45) is 5.59. The molecule has 23 heavy (non-hydrogen) atoms. The summed E-state index contributed by atoms with van der Waals surface area (Å²) in [5.41, 5.74) is -0.687. The molecule has 1 fully saturated rings. The van der Waals surface area contributed by atoms with E-state index in [-0.39, 0.29) is 11.6 Å². The number of rotatable bonds is 4. The first-order valence-electron chi connectivity index (χ1n) is 7.93. The molecule has 1 amide bonds. The molecule has 0 radical (unpaired) electrons. The van der Waals surface area contributed by atoms with Crippen molar-refractivity contribution in [2.24, 2.45) is 0 Å². The molecule has 1 aromatic rings. The molecule has 0 aromatic carbocycles. The maximum absolute atomic E-state index is 11.9. The Balaban J connectivity index is 2.05. The van der Waals surface area contributed by atoms with Gasteiger partial charge in [-0.25, -0.2) is 14.8 Å². The van der Waals surface area contributed by atoms with Crippen LogP contribution in [0.25, 0.3) is 0 Å². The number of carbonyl (C=O) groups is 1. The normalized spacial score (nSPS) is 16.9. The Bertz CT molecular complexity index is 566. The number of nitrogens with zero attached hydrogens (tertiary/aromatic N) is 2. The molecule has 6 nitrogen and oxygen atoms in total. The van der Waals surface area contributed by atoms with Crippen LogP contribution in [0.1, 0.15) is 52.3 Å². The van der Waals surface area contributed by atoms with E-state index in [1.165, 1.54) is 0 Å². The highest BCUT2D eigenvalue weighted by Crippen LogP contribution is 2.34. The van der Waals surface area contributed by atoms with Crippen molar-refractivity contribution in [3.05, 3.63) is 16.5 Å². The van der Waals surface area contributed by atoms with E-state index >= 15 is 0 Å². The topological polar surface area (TPSA) is 76.1 Å². The van der Waals surface area contributed by atoms with Crippen molar-refractivity contribution >= 4 is 27.8 Å². The van der Waals surface area contributed by atoms with Crippen LogP contribution in [0, 0.1) is 6.92 Å². The molecule has 0 aliphatic heterocycles. The number of alkyl carbamates (subject to hydrolysis) is 1. The molecule has 0 atom stereocenters. The van der Waals surface area contributed by atoms with Crippen molar-refractivity contribution in [3.63, 3.8) is 0 Å². The summed E-state index contributed by atoms with van der Waals surface area (Å²) in [6, 6.07) is 0. The summed E-state index contributed by atoms with van der Waals surface area (Å²) < 4.78 is 6.15. The largest absolute Gasteiger partial charge is 0.444 e. The predicted octanol–water partition coefficient (Wildman–Crippen LogP) is 3.80. The van der Waals surface area contributed by atoms with Gasteiger partial charge >= 0.3 is 6.09 Å². The lowest BCUT2D eigenvalue weighted by molar-refractivity contribution is 0.0517. The Morgan fingerprint density at radius 2 is 2.04 bits per heavy atom. The zero-order valence-corrected chi connectivity index (χ0v) is 15.8. The maximum Gasteiger partial charge on any atom is 0.407 e. The van der Waals surface area contributed by atoms with Gasteiger partial charge in [-0.1, -0.05) is 12.8 Å². The second-order valence-electron chi connectivity index (χ2n) is 7.08. The number of carbonyl (C=O) groups excluding carboxylic acids is 1. The molecule has 2 rings (SSSR count). The van der Waals surface area contributed by atoms with E-state index in [1.807, 2.05) is 27.7 Å². The van der Waals surface area contributed by atoms with Crippen LogP contribution in [0.3, 0.4) is 0 Å². The van der Waals surface area contributed by atoms with Crippen molar-refractivity contribution in [3.8, 4) is 0 Å². The third-order valence-corrected chi connectivity index (χ3v) is 4.36. The number of aryl methyl sites for hydroxylation is 1. The van der Waals surface area contributed by atoms with Gasteiger partial charge in [0, 0.05) is 12.7 Å². The number of halogens is 1. The third-order valence-electron chi connectivity index (χ3n) is 3.78. The smallest absolute Gasteiger partial charge is 0.407 e. The van der Waals surface area contributed by atoms with Crippen LogP contribution in [0.5, 0.6) is 0 Å². The molecular weight excluding hydrogens is 360 g/mol. The van der Waals surface area contributed by atoms with Gasteiger partial charge in [0.25, 0.3) is 0 Å². The predicted molar refractivity (Wildman–Crippen MR) is 93.5 cm³/mol. The first-order chi connectivity index (χ1) is 10.7. The molecule has 128 valence electrons. The Morgan fingerprint density at radius 1 is 1.39 bits per heavy atom. The van der Waals surface area contributed by atoms with Crippen LogP contribution in [0.15, 0.2) is 10.7 Å². The number of nitrogens with one attached hydrogen (secondary N) is 2. The molecule has 1 aromatic heterocycles. The molecule has 1 aliphatic carbocycles. The highest BCUT2D eigenvalue weighted by atomic mass is 79.9. The number of ether oxygens (including phenoxy) is 1. The first kappa shape index (κ1) is 18.0. The van der Waals surface area contributed by atoms with Gasteiger partial charge in [-0.15, -0.1) is 0 Å². The van der Waals surface area contributed by atoms with Gasteiger partial charge in [0.05, 0.1) is 10.0 Å². The van der Waals surface area contributed by atoms with Crippen LogP contribution in [0.4, 0.5) is 10.6 Å². The Hall–Kier alpha value is -1.37. The summed E-state index contributed by atoms with van der Waals surface area (Å²) >= 11 is 3.48. The van der Waals surface area contributed by atoms with E-state index < -0.39 is 5.60 Å². The van der Waals surface area contributed by atoms with Crippen molar-refractivity contribution in [1.82, 2.24) is 15.3 Å². The van der Waals surface area contributed by atoms with Gasteiger partial charge in [-0.05, 0) is 56.5 Å². The van der Waals surface area contributed by atoms with Crippen molar-refractivity contribution in [2.45, 2.75) is 64.5 Å². The Labute approximate surface area is 145 Å². The second kappa shape index (κ2) is 7.03. The number of anilines is 1. The number of hydrogen-bond donors (Lipinski definition) is 2. The molecule has 1 heterocycles. The monoisotopic (exact) mass is 384 g/mol. The number of hydrogen-bond acceptors (Lipinski definition) is 5. The number of aromatic nitrogens is 2. The summed E-state index contributed by atoms with van der Waals surface area (Å²) in [4.78, 5) is 20.6. The zero-order chi connectivity index (χ0) is 17.1. The molecule has 7 heteroatoms. The molecule has 0 bridgehead atoms. The van der Waals surface area contributed by atoms with E-state index in [9.17, 15) is 4.79 Å². The van der Waals surface area contributed by atoms with E-state index in [4.69, 9.17) is 4.74 Å². The lowest BCUT2D eigenvalue weighted by Gasteiger charge is -2.32. The Morgan fingerprint density at radius 3 is 2.65 bits per heavy atom. The van der Waals surface area contributed by atoms with Gasteiger partial charge < -0.3 is 15.4 Å². The van der Waals surface area contributed by atoms with Crippen LogP contribution in [-0.4, -0.2) is 33.7 Å². The molecule has 0 spiro atoms. The lowest BCUT2D eigenvalue weighted by atomic mass is 9.97. The molecule has 1 saturated carbocycles. The van der Waals surface area contributed by atoms with Gasteiger partial charge in [0.2, 0.25) is 0 Å². The van der Waals surface area contributed by atoms with Crippen molar-refractivity contribution in [1.29, 1.82) is 0 Å². The second-order valence-corrected chi connectivity index (χ2v) is 7.94. The summed E-state index contributed by atoms with van der Waals surface area (Å²) in [5, 5.41) is 6.41. The van der Waals surface area contributed by atoms with Crippen molar-refractivity contribution < 1.29 is 9.53 Å². The summed E-state index contributed by atoms with van der Waals surface area (Å²) in [5.74, 6) is 1.48. The van der Waals surface area contributed by atoms with Crippen LogP contribution < -0.4 is 10.6 Å². The minimum atomic E-state index is -0.493. The molecule has 0 saturated heterocycles. The van der Waals surface area contributed by atoms with Gasteiger partial charge in [0.15, 0.2) is 0 Å². The molecule has 1 aliphatic rings. The fourth-order valence-electron chi connectivity index (χ4n) is 2.75. The average molecular weight is 385 g/mol. The standard InChI is InChI=1S/C16H25BrN4O2/c1-11-18-9-12(17)13(20-11)21-16(7-5-6-8-16)10-19-14(22)23-15(2,3)4/h9H,5-8,10H2,1-4H3,(H,19,22)(H,18,20,21). The van der Waals surface area contributed by atoms with Gasteiger partial charge in [-0.2, -0.15) is 0 Å². The quantitative estimate of drug-likeness (QED) is 0.825. The van der Waals surface area contributed by atoms with Crippen molar-refractivity contribution in [2.75, 3.05) is 11.9 Å².